The molecule has 1 aliphatic heterocycles. The quantitative estimate of drug-likeness (QED) is 0.758. The summed E-state index contributed by atoms with van der Waals surface area (Å²) in [7, 11) is 0. The number of alkyl halides is 2. The molecule has 25 heavy (non-hydrogen) atoms. The number of carbonyl (C=O) groups excluding carboxylic acids is 1. The molecule has 3 atom stereocenters. The third kappa shape index (κ3) is 7.16. The van der Waals surface area contributed by atoms with Crippen LogP contribution in [0.25, 0.3) is 0 Å². The molecule has 1 saturated heterocycles. The molecule has 7 heteroatoms. The molecule has 0 aromatic heterocycles. The molecule has 0 spiro atoms. The molecule has 0 bridgehead atoms. The number of benzene rings is 1. The highest BCUT2D eigenvalue weighted by Crippen LogP contribution is 2.24. The maximum absolute atomic E-state index is 12.3. The molecule has 3 unspecified atom stereocenters. The van der Waals surface area contributed by atoms with E-state index in [9.17, 15) is 13.6 Å². The zero-order chi connectivity index (χ0) is 17.5. The van der Waals surface area contributed by atoms with Crippen molar-refractivity contribution in [3.8, 4) is 5.75 Å². The molecule has 2 rings (SSSR count). The van der Waals surface area contributed by atoms with Gasteiger partial charge < -0.3 is 15.4 Å². The van der Waals surface area contributed by atoms with Gasteiger partial charge in [-0.25, -0.2) is 0 Å². The SMILES string of the molecule is CC(NC(=O)CC(C)C1CCCNC1)c1cccc(OC(F)F)c1.Cl. The number of halogens is 3. The number of carbonyl (C=O) groups is 1. The van der Waals surface area contributed by atoms with E-state index in [1.54, 1.807) is 12.1 Å². The Morgan fingerprint density at radius 1 is 1.40 bits per heavy atom. The molecule has 0 radical (unpaired) electrons. The Kier molecular flexibility index (Phi) is 9.14. The first-order valence-corrected chi connectivity index (χ1v) is 8.50. The van der Waals surface area contributed by atoms with Gasteiger partial charge in [0.2, 0.25) is 5.91 Å². The maximum atomic E-state index is 12.3. The second kappa shape index (κ2) is 10.6. The van der Waals surface area contributed by atoms with Gasteiger partial charge in [-0.05, 0) is 62.4 Å². The molecule has 142 valence electrons. The number of nitrogens with one attached hydrogen (secondary N) is 2. The number of ether oxygens (including phenoxy) is 1. The van der Waals surface area contributed by atoms with Crippen molar-refractivity contribution in [2.75, 3.05) is 13.1 Å². The lowest BCUT2D eigenvalue weighted by molar-refractivity contribution is -0.123. The van der Waals surface area contributed by atoms with Crippen molar-refractivity contribution in [3.63, 3.8) is 0 Å². The van der Waals surface area contributed by atoms with E-state index >= 15 is 0 Å². The highest BCUT2D eigenvalue weighted by atomic mass is 35.5. The second-order valence-corrected chi connectivity index (χ2v) is 6.53. The summed E-state index contributed by atoms with van der Waals surface area (Å²) in [5, 5.41) is 6.31. The van der Waals surface area contributed by atoms with Crippen molar-refractivity contribution >= 4 is 18.3 Å². The van der Waals surface area contributed by atoms with E-state index in [0.29, 0.717) is 18.3 Å². The average Bonchev–Trinajstić information content (AvgIpc) is 2.55. The van der Waals surface area contributed by atoms with Crippen LogP contribution in [0.15, 0.2) is 24.3 Å². The molecule has 1 heterocycles. The Hall–Kier alpha value is -1.40. The van der Waals surface area contributed by atoms with Gasteiger partial charge in [0, 0.05) is 6.42 Å². The van der Waals surface area contributed by atoms with Crippen LogP contribution in [-0.4, -0.2) is 25.6 Å². The number of hydrogen-bond donors (Lipinski definition) is 2. The monoisotopic (exact) mass is 376 g/mol. The third-order valence-corrected chi connectivity index (χ3v) is 4.61. The van der Waals surface area contributed by atoms with Crippen LogP contribution in [-0.2, 0) is 4.79 Å². The highest BCUT2D eigenvalue weighted by Gasteiger charge is 2.22. The predicted molar refractivity (Wildman–Crippen MR) is 96.3 cm³/mol. The minimum Gasteiger partial charge on any atom is -0.435 e. The number of hydrogen-bond acceptors (Lipinski definition) is 3. The molecule has 1 fully saturated rings. The van der Waals surface area contributed by atoms with Crippen LogP contribution in [0.5, 0.6) is 5.75 Å². The number of rotatable bonds is 7. The first-order valence-electron chi connectivity index (χ1n) is 8.50. The highest BCUT2D eigenvalue weighted by molar-refractivity contribution is 5.85. The topological polar surface area (TPSA) is 50.4 Å². The van der Waals surface area contributed by atoms with Crippen LogP contribution in [0.1, 0.15) is 44.7 Å². The molecule has 0 saturated carbocycles. The van der Waals surface area contributed by atoms with Gasteiger partial charge in [-0.3, -0.25) is 4.79 Å². The fourth-order valence-electron chi connectivity index (χ4n) is 3.17. The molecule has 0 aliphatic carbocycles. The Morgan fingerprint density at radius 2 is 2.16 bits per heavy atom. The van der Waals surface area contributed by atoms with E-state index in [-0.39, 0.29) is 30.1 Å². The molecule has 1 amide bonds. The first kappa shape index (κ1) is 21.6. The van der Waals surface area contributed by atoms with E-state index in [2.05, 4.69) is 22.3 Å². The largest absolute Gasteiger partial charge is 0.435 e. The predicted octanol–water partition coefficient (Wildman–Crippen LogP) is 3.91. The first-order chi connectivity index (χ1) is 11.5. The van der Waals surface area contributed by atoms with Gasteiger partial charge in [0.05, 0.1) is 6.04 Å². The van der Waals surface area contributed by atoms with Crippen LogP contribution < -0.4 is 15.4 Å². The zero-order valence-electron chi connectivity index (χ0n) is 14.6. The van der Waals surface area contributed by atoms with E-state index in [1.165, 1.54) is 12.1 Å². The molecule has 1 aromatic carbocycles. The molecular formula is C18H27ClF2N2O2. The fraction of sp³-hybridized carbons (Fsp3) is 0.611. The third-order valence-electron chi connectivity index (χ3n) is 4.61. The summed E-state index contributed by atoms with van der Waals surface area (Å²) < 4.78 is 29.0. The van der Waals surface area contributed by atoms with E-state index < -0.39 is 6.61 Å². The van der Waals surface area contributed by atoms with E-state index in [4.69, 9.17) is 0 Å². The van der Waals surface area contributed by atoms with Gasteiger partial charge in [0.15, 0.2) is 0 Å². The number of amides is 1. The summed E-state index contributed by atoms with van der Waals surface area (Å²) >= 11 is 0. The van der Waals surface area contributed by atoms with Gasteiger partial charge in [-0.1, -0.05) is 19.1 Å². The molecule has 2 N–H and O–H groups in total. The van der Waals surface area contributed by atoms with Gasteiger partial charge in [-0.15, -0.1) is 12.4 Å². The van der Waals surface area contributed by atoms with E-state index in [0.717, 1.165) is 31.5 Å². The van der Waals surface area contributed by atoms with Gasteiger partial charge in [0.25, 0.3) is 0 Å². The smallest absolute Gasteiger partial charge is 0.387 e. The fourth-order valence-corrected chi connectivity index (χ4v) is 3.17. The lowest BCUT2D eigenvalue weighted by Gasteiger charge is -2.28. The number of piperidine rings is 1. The summed E-state index contributed by atoms with van der Waals surface area (Å²) in [4.78, 5) is 12.3. The second-order valence-electron chi connectivity index (χ2n) is 6.53. The Bertz CT molecular complexity index is 540. The normalized spacial score (nSPS) is 19.6. The summed E-state index contributed by atoms with van der Waals surface area (Å²) in [6.45, 7) is 3.13. The lowest BCUT2D eigenvalue weighted by Crippen LogP contribution is -2.36. The minimum atomic E-state index is -2.85. The van der Waals surface area contributed by atoms with Crippen LogP contribution >= 0.6 is 12.4 Å². The Morgan fingerprint density at radius 3 is 2.80 bits per heavy atom. The lowest BCUT2D eigenvalue weighted by atomic mass is 9.85. The summed E-state index contributed by atoms with van der Waals surface area (Å²) in [6.07, 6.45) is 2.79. The van der Waals surface area contributed by atoms with Crippen molar-refractivity contribution in [1.82, 2.24) is 10.6 Å². The maximum Gasteiger partial charge on any atom is 0.387 e. The van der Waals surface area contributed by atoms with Crippen molar-refractivity contribution < 1.29 is 18.3 Å². The molecular weight excluding hydrogens is 350 g/mol. The van der Waals surface area contributed by atoms with Gasteiger partial charge in [-0.2, -0.15) is 8.78 Å². The summed E-state index contributed by atoms with van der Waals surface area (Å²) in [5.74, 6) is 0.937. The molecule has 1 aromatic rings. The Labute approximate surface area is 154 Å². The van der Waals surface area contributed by atoms with E-state index in [1.807, 2.05) is 6.92 Å². The van der Waals surface area contributed by atoms with Gasteiger partial charge in [0.1, 0.15) is 5.75 Å². The molecule has 1 aliphatic rings. The minimum absolute atomic E-state index is 0. The Balaban J connectivity index is 0.00000312. The zero-order valence-corrected chi connectivity index (χ0v) is 15.5. The summed E-state index contributed by atoms with van der Waals surface area (Å²) in [5.41, 5.74) is 0.744. The van der Waals surface area contributed by atoms with Crippen LogP contribution in [0.3, 0.4) is 0 Å². The van der Waals surface area contributed by atoms with Gasteiger partial charge >= 0.3 is 6.61 Å². The van der Waals surface area contributed by atoms with Crippen molar-refractivity contribution in [1.29, 1.82) is 0 Å². The molecule has 4 nitrogen and oxygen atoms in total. The van der Waals surface area contributed by atoms with Crippen LogP contribution in [0, 0.1) is 11.8 Å². The standard InChI is InChI=1S/C18H26F2N2O2.ClH/c1-12(15-6-4-8-21-11-15)9-17(23)22-13(2)14-5-3-7-16(10-14)24-18(19)20;/h3,5,7,10,12-13,15,18,21H,4,6,8-9,11H2,1-2H3,(H,22,23);1H. The summed E-state index contributed by atoms with van der Waals surface area (Å²) in [6, 6.07) is 6.19. The van der Waals surface area contributed by atoms with Crippen molar-refractivity contribution in [2.45, 2.75) is 45.8 Å². The average molecular weight is 377 g/mol. The van der Waals surface area contributed by atoms with Crippen molar-refractivity contribution in [2.24, 2.45) is 11.8 Å². The van der Waals surface area contributed by atoms with Crippen molar-refractivity contribution in [3.05, 3.63) is 29.8 Å². The van der Waals surface area contributed by atoms with Crippen LogP contribution in [0.4, 0.5) is 8.78 Å². The van der Waals surface area contributed by atoms with Crippen LogP contribution in [0.2, 0.25) is 0 Å².